The van der Waals surface area contributed by atoms with Crippen LogP contribution in [-0.2, 0) is 0 Å². The number of halogens is 1. The summed E-state index contributed by atoms with van der Waals surface area (Å²) < 4.78 is 10.3. The summed E-state index contributed by atoms with van der Waals surface area (Å²) in [6.07, 6.45) is 1.46. The molecule has 2 aromatic rings. The van der Waals surface area contributed by atoms with Crippen molar-refractivity contribution in [1.29, 1.82) is 0 Å². The number of aromatic amines is 1. The number of amides is 1. The molecule has 106 valence electrons. The molecule has 7 heteroatoms. The first-order valence-corrected chi connectivity index (χ1v) is 6.17. The minimum absolute atomic E-state index is 0.296. The average molecular weight is 296 g/mol. The van der Waals surface area contributed by atoms with Crippen molar-refractivity contribution in [2.75, 3.05) is 19.5 Å². The van der Waals surface area contributed by atoms with Crippen LogP contribution in [0.15, 0.2) is 18.3 Å². The summed E-state index contributed by atoms with van der Waals surface area (Å²) in [6, 6.07) is 3.19. The molecule has 0 fully saturated rings. The van der Waals surface area contributed by atoms with Crippen molar-refractivity contribution in [1.82, 2.24) is 10.2 Å². The molecule has 1 heterocycles. The standard InChI is InChI=1S/C13H14ClN3O3/c1-7-8(6-15-17-7)13(18)16-10-4-9(14)11(19-2)5-12(10)20-3/h4-6H,1-3H3,(H,15,17)(H,16,18). The maximum absolute atomic E-state index is 12.1. The molecule has 2 N–H and O–H groups in total. The number of benzene rings is 1. The molecular weight excluding hydrogens is 282 g/mol. The van der Waals surface area contributed by atoms with E-state index in [4.69, 9.17) is 21.1 Å². The zero-order chi connectivity index (χ0) is 14.7. The van der Waals surface area contributed by atoms with Crippen molar-refractivity contribution >= 4 is 23.2 Å². The van der Waals surface area contributed by atoms with Crippen LogP contribution in [0.25, 0.3) is 0 Å². The van der Waals surface area contributed by atoms with Gasteiger partial charge in [-0.05, 0) is 13.0 Å². The highest BCUT2D eigenvalue weighted by atomic mass is 35.5. The number of aromatic nitrogens is 2. The SMILES string of the molecule is COc1cc(OC)c(NC(=O)c2cn[nH]c2C)cc1Cl. The van der Waals surface area contributed by atoms with Crippen molar-refractivity contribution in [2.45, 2.75) is 6.92 Å². The summed E-state index contributed by atoms with van der Waals surface area (Å²) in [6.45, 7) is 1.76. The van der Waals surface area contributed by atoms with Crippen molar-refractivity contribution in [3.05, 3.63) is 34.6 Å². The van der Waals surface area contributed by atoms with E-state index in [1.807, 2.05) is 0 Å². The van der Waals surface area contributed by atoms with Gasteiger partial charge in [-0.25, -0.2) is 0 Å². The van der Waals surface area contributed by atoms with Crippen LogP contribution in [0.2, 0.25) is 5.02 Å². The van der Waals surface area contributed by atoms with Gasteiger partial charge < -0.3 is 14.8 Å². The third-order valence-electron chi connectivity index (χ3n) is 2.80. The van der Waals surface area contributed by atoms with Gasteiger partial charge in [0.1, 0.15) is 11.5 Å². The molecule has 1 amide bonds. The fourth-order valence-corrected chi connectivity index (χ4v) is 1.97. The number of aryl methyl sites for hydroxylation is 1. The Kier molecular flexibility index (Phi) is 4.14. The van der Waals surface area contributed by atoms with E-state index < -0.39 is 0 Å². The number of hydrogen-bond donors (Lipinski definition) is 2. The number of methoxy groups -OCH3 is 2. The van der Waals surface area contributed by atoms with Gasteiger partial charge >= 0.3 is 0 Å². The van der Waals surface area contributed by atoms with Gasteiger partial charge in [-0.2, -0.15) is 5.10 Å². The van der Waals surface area contributed by atoms with E-state index in [0.29, 0.717) is 33.5 Å². The van der Waals surface area contributed by atoms with Crippen molar-refractivity contribution in [3.63, 3.8) is 0 Å². The molecule has 6 nitrogen and oxygen atoms in total. The van der Waals surface area contributed by atoms with Crippen LogP contribution in [0.3, 0.4) is 0 Å². The van der Waals surface area contributed by atoms with E-state index in [9.17, 15) is 4.79 Å². The maximum Gasteiger partial charge on any atom is 0.259 e. The molecule has 0 radical (unpaired) electrons. The number of carbonyl (C=O) groups excluding carboxylic acids is 1. The van der Waals surface area contributed by atoms with Gasteiger partial charge in [0, 0.05) is 11.8 Å². The van der Waals surface area contributed by atoms with E-state index in [1.54, 1.807) is 19.1 Å². The maximum atomic E-state index is 12.1. The molecular formula is C13H14ClN3O3. The smallest absolute Gasteiger partial charge is 0.259 e. The lowest BCUT2D eigenvalue weighted by Gasteiger charge is -2.12. The van der Waals surface area contributed by atoms with Gasteiger partial charge in [-0.1, -0.05) is 11.6 Å². The van der Waals surface area contributed by atoms with E-state index in [0.717, 1.165) is 0 Å². The minimum atomic E-state index is -0.296. The molecule has 1 aromatic heterocycles. The second-order valence-electron chi connectivity index (χ2n) is 4.05. The summed E-state index contributed by atoms with van der Waals surface area (Å²) in [5.41, 5.74) is 1.60. The molecule has 0 aliphatic rings. The van der Waals surface area contributed by atoms with Crippen LogP contribution >= 0.6 is 11.6 Å². The summed E-state index contributed by atoms with van der Waals surface area (Å²) in [5, 5.41) is 9.63. The number of H-pyrrole nitrogens is 1. The Balaban J connectivity index is 2.31. The number of ether oxygens (including phenoxy) is 2. The van der Waals surface area contributed by atoms with Crippen LogP contribution in [0, 0.1) is 6.92 Å². The summed E-state index contributed by atoms with van der Waals surface area (Å²) in [5.74, 6) is 0.637. The van der Waals surface area contributed by atoms with Crippen LogP contribution in [0.4, 0.5) is 5.69 Å². The predicted molar refractivity (Wildman–Crippen MR) is 75.8 cm³/mol. The molecule has 0 saturated carbocycles. The molecule has 0 spiro atoms. The molecule has 0 unspecified atom stereocenters. The van der Waals surface area contributed by atoms with Gasteiger partial charge in [-0.15, -0.1) is 0 Å². The van der Waals surface area contributed by atoms with Crippen LogP contribution < -0.4 is 14.8 Å². The normalized spacial score (nSPS) is 10.2. The molecule has 20 heavy (non-hydrogen) atoms. The second-order valence-corrected chi connectivity index (χ2v) is 4.46. The Morgan fingerprint density at radius 1 is 1.30 bits per heavy atom. The first-order chi connectivity index (χ1) is 9.56. The lowest BCUT2D eigenvalue weighted by Crippen LogP contribution is -2.13. The quantitative estimate of drug-likeness (QED) is 0.909. The molecule has 0 bridgehead atoms. The number of rotatable bonds is 4. The highest BCUT2D eigenvalue weighted by molar-refractivity contribution is 6.32. The second kappa shape index (κ2) is 5.83. The highest BCUT2D eigenvalue weighted by Crippen LogP contribution is 2.36. The first kappa shape index (κ1) is 14.2. The van der Waals surface area contributed by atoms with Crippen molar-refractivity contribution in [3.8, 4) is 11.5 Å². The fraction of sp³-hybridized carbons (Fsp3) is 0.231. The van der Waals surface area contributed by atoms with E-state index in [2.05, 4.69) is 15.5 Å². The number of nitrogens with one attached hydrogen (secondary N) is 2. The topological polar surface area (TPSA) is 76.2 Å². The Bertz CT molecular complexity index is 640. The average Bonchev–Trinajstić information content (AvgIpc) is 2.85. The Morgan fingerprint density at radius 3 is 2.55 bits per heavy atom. The minimum Gasteiger partial charge on any atom is -0.495 e. The Morgan fingerprint density at radius 2 is 2.00 bits per heavy atom. The van der Waals surface area contributed by atoms with Gasteiger partial charge in [0.15, 0.2) is 0 Å². The lowest BCUT2D eigenvalue weighted by atomic mass is 10.2. The third kappa shape index (κ3) is 2.70. The molecule has 0 saturated heterocycles. The first-order valence-electron chi connectivity index (χ1n) is 5.79. The summed E-state index contributed by atoms with van der Waals surface area (Å²) >= 11 is 6.05. The predicted octanol–water partition coefficient (Wildman–Crippen LogP) is 2.64. The molecule has 0 aliphatic carbocycles. The molecule has 0 atom stereocenters. The number of anilines is 1. The zero-order valence-corrected chi connectivity index (χ0v) is 12.0. The largest absolute Gasteiger partial charge is 0.495 e. The van der Waals surface area contributed by atoms with Crippen molar-refractivity contribution in [2.24, 2.45) is 0 Å². The van der Waals surface area contributed by atoms with Gasteiger partial charge in [0.2, 0.25) is 0 Å². The fourth-order valence-electron chi connectivity index (χ4n) is 1.73. The molecule has 1 aromatic carbocycles. The van der Waals surface area contributed by atoms with Gasteiger partial charge in [0.25, 0.3) is 5.91 Å². The summed E-state index contributed by atoms with van der Waals surface area (Å²) in [7, 11) is 3.01. The van der Waals surface area contributed by atoms with E-state index in [1.165, 1.54) is 20.4 Å². The van der Waals surface area contributed by atoms with Crippen LogP contribution in [0.1, 0.15) is 16.1 Å². The van der Waals surface area contributed by atoms with E-state index in [-0.39, 0.29) is 5.91 Å². The van der Waals surface area contributed by atoms with E-state index >= 15 is 0 Å². The number of hydrogen-bond acceptors (Lipinski definition) is 4. The van der Waals surface area contributed by atoms with Crippen LogP contribution in [0.5, 0.6) is 11.5 Å². The molecule has 0 aliphatic heterocycles. The Labute approximate surface area is 121 Å². The third-order valence-corrected chi connectivity index (χ3v) is 3.09. The van der Waals surface area contributed by atoms with Gasteiger partial charge in [-0.3, -0.25) is 9.89 Å². The van der Waals surface area contributed by atoms with Crippen molar-refractivity contribution < 1.29 is 14.3 Å². The highest BCUT2D eigenvalue weighted by Gasteiger charge is 2.15. The van der Waals surface area contributed by atoms with Crippen LogP contribution in [-0.4, -0.2) is 30.3 Å². The monoisotopic (exact) mass is 295 g/mol. The zero-order valence-electron chi connectivity index (χ0n) is 11.3. The Hall–Kier alpha value is -2.21. The lowest BCUT2D eigenvalue weighted by molar-refractivity contribution is 0.102. The summed E-state index contributed by atoms with van der Waals surface area (Å²) in [4.78, 5) is 12.1. The van der Waals surface area contributed by atoms with Gasteiger partial charge in [0.05, 0.1) is 36.7 Å². The molecule has 2 rings (SSSR count). The number of carbonyl (C=O) groups is 1. The number of nitrogens with zero attached hydrogens (tertiary/aromatic N) is 1.